The molecule has 0 aliphatic heterocycles. The van der Waals surface area contributed by atoms with Crippen molar-refractivity contribution in [1.29, 1.82) is 0 Å². The molecule has 0 unspecified atom stereocenters. The van der Waals surface area contributed by atoms with E-state index in [2.05, 4.69) is 34.0 Å². The highest BCUT2D eigenvalue weighted by Crippen LogP contribution is 2.29. The fourth-order valence-electron chi connectivity index (χ4n) is 2.42. The highest BCUT2D eigenvalue weighted by Gasteiger charge is 2.26. The lowest BCUT2D eigenvalue weighted by molar-refractivity contribution is 0.283. The lowest BCUT2D eigenvalue weighted by atomic mass is 9.91. The molecule has 5 nitrogen and oxygen atoms in total. The molecule has 5 heteroatoms. The van der Waals surface area contributed by atoms with E-state index in [4.69, 9.17) is 0 Å². The second-order valence-corrected chi connectivity index (χ2v) is 5.31. The molecular weight excluding hydrogens is 252 g/mol. The van der Waals surface area contributed by atoms with Crippen LogP contribution in [0, 0.1) is 0 Å². The number of aryl methyl sites for hydroxylation is 1. The first-order chi connectivity index (χ1) is 9.78. The smallest absolute Gasteiger partial charge is 0.134 e. The van der Waals surface area contributed by atoms with Crippen LogP contribution in [0.2, 0.25) is 0 Å². The van der Waals surface area contributed by atoms with Gasteiger partial charge < -0.3 is 15.3 Å². The summed E-state index contributed by atoms with van der Waals surface area (Å²) in [6.07, 6.45) is 5.57. The van der Waals surface area contributed by atoms with Crippen LogP contribution in [0.25, 0.3) is 0 Å². The number of hydrogen-bond acceptors (Lipinski definition) is 5. The molecule has 1 fully saturated rings. The minimum atomic E-state index is 0.166. The Bertz CT molecular complexity index is 420. The summed E-state index contributed by atoms with van der Waals surface area (Å²) in [7, 11) is 0. The molecule has 2 N–H and O–H groups in total. The Hall–Kier alpha value is -1.36. The Kier molecular flexibility index (Phi) is 5.59. The number of hydrogen-bond donors (Lipinski definition) is 2. The van der Waals surface area contributed by atoms with E-state index in [1.54, 1.807) is 0 Å². The van der Waals surface area contributed by atoms with Gasteiger partial charge in [-0.15, -0.1) is 0 Å². The third kappa shape index (κ3) is 3.60. The Morgan fingerprint density at radius 1 is 1.35 bits per heavy atom. The number of anilines is 2. The van der Waals surface area contributed by atoms with Crippen LogP contribution in [0.1, 0.15) is 45.4 Å². The maximum Gasteiger partial charge on any atom is 0.134 e. The van der Waals surface area contributed by atoms with Gasteiger partial charge in [-0.05, 0) is 25.7 Å². The van der Waals surface area contributed by atoms with Gasteiger partial charge in [0.2, 0.25) is 0 Å². The average molecular weight is 278 g/mol. The molecule has 2 rings (SSSR count). The second kappa shape index (κ2) is 7.43. The second-order valence-electron chi connectivity index (χ2n) is 5.31. The van der Waals surface area contributed by atoms with Crippen LogP contribution in [0.3, 0.4) is 0 Å². The zero-order valence-corrected chi connectivity index (χ0v) is 12.6. The predicted molar refractivity (Wildman–Crippen MR) is 82.3 cm³/mol. The van der Waals surface area contributed by atoms with E-state index in [1.807, 2.05) is 6.07 Å². The van der Waals surface area contributed by atoms with E-state index in [-0.39, 0.29) is 6.61 Å². The Morgan fingerprint density at radius 2 is 2.15 bits per heavy atom. The first kappa shape index (κ1) is 15.0. The normalized spacial score (nSPS) is 14.9. The molecule has 0 spiro atoms. The zero-order valence-electron chi connectivity index (χ0n) is 12.6. The Morgan fingerprint density at radius 3 is 2.70 bits per heavy atom. The molecule has 1 heterocycles. The van der Waals surface area contributed by atoms with Crippen LogP contribution in [0.5, 0.6) is 0 Å². The van der Waals surface area contributed by atoms with Crippen molar-refractivity contribution < 1.29 is 5.11 Å². The van der Waals surface area contributed by atoms with Gasteiger partial charge in [0.25, 0.3) is 0 Å². The number of aromatic nitrogens is 2. The summed E-state index contributed by atoms with van der Waals surface area (Å²) in [5, 5.41) is 12.6. The molecule has 0 aromatic carbocycles. The van der Waals surface area contributed by atoms with Crippen LogP contribution in [-0.2, 0) is 6.42 Å². The molecule has 1 aromatic rings. The SMILES string of the molecule is CCCNc1cc(N(CCO)C2CCC2)nc(CC)n1. The third-order valence-corrected chi connectivity index (χ3v) is 3.78. The van der Waals surface area contributed by atoms with Gasteiger partial charge in [0.05, 0.1) is 6.61 Å². The molecule has 1 aliphatic rings. The summed E-state index contributed by atoms with van der Waals surface area (Å²) in [5.41, 5.74) is 0. The maximum atomic E-state index is 9.30. The van der Waals surface area contributed by atoms with E-state index in [1.165, 1.54) is 19.3 Å². The minimum absolute atomic E-state index is 0.166. The van der Waals surface area contributed by atoms with Crippen molar-refractivity contribution in [1.82, 2.24) is 9.97 Å². The number of rotatable bonds is 8. The van der Waals surface area contributed by atoms with Crippen LogP contribution < -0.4 is 10.2 Å². The van der Waals surface area contributed by atoms with Crippen molar-refractivity contribution in [3.05, 3.63) is 11.9 Å². The lowest BCUT2D eigenvalue weighted by Crippen LogP contribution is -2.42. The standard InChI is InChI=1S/C15H26N4O/c1-3-8-16-14-11-15(18-13(4-2)17-14)19(9-10-20)12-6-5-7-12/h11-12,20H,3-10H2,1-2H3,(H,16,17,18). The van der Waals surface area contributed by atoms with Crippen molar-refractivity contribution in [2.75, 3.05) is 29.9 Å². The summed E-state index contributed by atoms with van der Waals surface area (Å²) in [6.45, 7) is 5.95. The molecular formula is C15H26N4O. The molecule has 112 valence electrons. The van der Waals surface area contributed by atoms with Gasteiger partial charge in [0, 0.05) is 31.6 Å². The summed E-state index contributed by atoms with van der Waals surface area (Å²) in [6, 6.07) is 2.55. The molecule has 20 heavy (non-hydrogen) atoms. The van der Waals surface area contributed by atoms with Gasteiger partial charge in [0.1, 0.15) is 17.5 Å². The van der Waals surface area contributed by atoms with E-state index in [9.17, 15) is 5.11 Å². The van der Waals surface area contributed by atoms with E-state index >= 15 is 0 Å². The first-order valence-electron chi connectivity index (χ1n) is 7.77. The highest BCUT2D eigenvalue weighted by atomic mass is 16.3. The zero-order chi connectivity index (χ0) is 14.4. The molecule has 1 aromatic heterocycles. The van der Waals surface area contributed by atoms with E-state index < -0.39 is 0 Å². The molecule has 1 aliphatic carbocycles. The monoisotopic (exact) mass is 278 g/mol. The van der Waals surface area contributed by atoms with Crippen LogP contribution in [-0.4, -0.2) is 40.8 Å². The van der Waals surface area contributed by atoms with Crippen LogP contribution in [0.15, 0.2) is 6.07 Å². The van der Waals surface area contributed by atoms with Gasteiger partial charge in [-0.25, -0.2) is 9.97 Å². The molecule has 0 bridgehead atoms. The minimum Gasteiger partial charge on any atom is -0.395 e. The number of aliphatic hydroxyl groups is 1. The summed E-state index contributed by atoms with van der Waals surface area (Å²) in [4.78, 5) is 11.4. The summed E-state index contributed by atoms with van der Waals surface area (Å²) in [5.74, 6) is 2.72. The first-order valence-corrected chi connectivity index (χ1v) is 7.77. The average Bonchev–Trinajstić information content (AvgIpc) is 2.42. The summed E-state index contributed by atoms with van der Waals surface area (Å²) < 4.78 is 0. The van der Waals surface area contributed by atoms with E-state index in [0.717, 1.165) is 36.8 Å². The molecule has 0 saturated heterocycles. The van der Waals surface area contributed by atoms with Gasteiger partial charge >= 0.3 is 0 Å². The quantitative estimate of drug-likeness (QED) is 0.763. The van der Waals surface area contributed by atoms with Gasteiger partial charge in [0.15, 0.2) is 0 Å². The number of aliphatic hydroxyl groups excluding tert-OH is 1. The highest BCUT2D eigenvalue weighted by molar-refractivity contribution is 5.50. The molecule has 0 amide bonds. The van der Waals surface area contributed by atoms with Crippen LogP contribution in [0.4, 0.5) is 11.6 Å². The summed E-state index contributed by atoms with van der Waals surface area (Å²) >= 11 is 0. The van der Waals surface area contributed by atoms with E-state index in [0.29, 0.717) is 12.6 Å². The fraction of sp³-hybridized carbons (Fsp3) is 0.733. The van der Waals surface area contributed by atoms with Gasteiger partial charge in [-0.1, -0.05) is 13.8 Å². The maximum absolute atomic E-state index is 9.30. The Balaban J connectivity index is 2.21. The number of nitrogens with zero attached hydrogens (tertiary/aromatic N) is 3. The van der Waals surface area contributed by atoms with Crippen molar-refractivity contribution in [3.8, 4) is 0 Å². The van der Waals surface area contributed by atoms with Crippen molar-refractivity contribution >= 4 is 11.6 Å². The largest absolute Gasteiger partial charge is 0.395 e. The molecule has 1 saturated carbocycles. The third-order valence-electron chi connectivity index (χ3n) is 3.78. The predicted octanol–water partition coefficient (Wildman–Crippen LogP) is 2.21. The van der Waals surface area contributed by atoms with Gasteiger partial charge in [-0.2, -0.15) is 0 Å². The van der Waals surface area contributed by atoms with Crippen molar-refractivity contribution in [2.24, 2.45) is 0 Å². The Labute approximate surface area is 121 Å². The lowest BCUT2D eigenvalue weighted by Gasteiger charge is -2.38. The molecule has 0 radical (unpaired) electrons. The fourth-order valence-corrected chi connectivity index (χ4v) is 2.42. The van der Waals surface area contributed by atoms with Crippen molar-refractivity contribution in [3.63, 3.8) is 0 Å². The topological polar surface area (TPSA) is 61.3 Å². The van der Waals surface area contributed by atoms with Gasteiger partial charge in [-0.3, -0.25) is 0 Å². The van der Waals surface area contributed by atoms with Crippen LogP contribution >= 0.6 is 0 Å². The number of nitrogens with one attached hydrogen (secondary N) is 1. The van der Waals surface area contributed by atoms with Crippen molar-refractivity contribution in [2.45, 2.75) is 52.0 Å². The molecule has 0 atom stereocenters.